The third-order valence-electron chi connectivity index (χ3n) is 11.9. The minimum absolute atomic E-state index is 0.0627. The molecule has 8 rings (SSSR count). The van der Waals surface area contributed by atoms with E-state index >= 15 is 4.39 Å². The van der Waals surface area contributed by atoms with Crippen LogP contribution in [0, 0.1) is 11.7 Å². The van der Waals surface area contributed by atoms with Crippen molar-refractivity contribution in [2.24, 2.45) is 5.92 Å². The van der Waals surface area contributed by atoms with Crippen molar-refractivity contribution in [3.8, 4) is 21.9 Å². The lowest BCUT2D eigenvalue weighted by Crippen LogP contribution is -2.35. The Kier molecular flexibility index (Phi) is 14.5. The van der Waals surface area contributed by atoms with E-state index in [1.165, 1.54) is 48.3 Å². The van der Waals surface area contributed by atoms with Crippen LogP contribution in [0.5, 0.6) is 11.5 Å². The minimum atomic E-state index is -1.01. The summed E-state index contributed by atoms with van der Waals surface area (Å²) in [7, 11) is 1.37. The van der Waals surface area contributed by atoms with Gasteiger partial charge in [-0.2, -0.15) is 0 Å². The average molecular weight is 895 g/mol. The number of rotatable bonds is 17. The minimum Gasteiger partial charge on any atom is -0.506 e. The summed E-state index contributed by atoms with van der Waals surface area (Å²) in [4.78, 5) is 46.0. The molecule has 0 spiro atoms. The summed E-state index contributed by atoms with van der Waals surface area (Å²) in [6.07, 6.45) is 0.941. The van der Waals surface area contributed by atoms with Crippen molar-refractivity contribution in [3.63, 3.8) is 0 Å². The van der Waals surface area contributed by atoms with E-state index in [0.29, 0.717) is 29.0 Å². The number of carbonyl (C=O) groups is 2. The van der Waals surface area contributed by atoms with Crippen molar-refractivity contribution >= 4 is 34.1 Å². The van der Waals surface area contributed by atoms with E-state index < -0.39 is 23.7 Å². The molecule has 1 aliphatic rings. The van der Waals surface area contributed by atoms with Crippen LogP contribution in [0.4, 0.5) is 4.39 Å². The largest absolute Gasteiger partial charge is 0.506 e. The number of halogens is 1. The number of nitrogens with zero attached hydrogens (tertiary/aromatic N) is 1. The molecule has 5 N–H and O–H groups in total. The molecule has 7 aromatic rings. The second kappa shape index (κ2) is 20.9. The van der Waals surface area contributed by atoms with E-state index in [0.717, 1.165) is 58.9 Å². The summed E-state index contributed by atoms with van der Waals surface area (Å²) in [5.74, 6) is -2.01. The molecule has 1 saturated heterocycles. The molecule has 0 bridgehead atoms. The fourth-order valence-corrected chi connectivity index (χ4v) is 9.38. The molecule has 11 nitrogen and oxygen atoms in total. The highest BCUT2D eigenvalue weighted by Crippen LogP contribution is 2.34. The van der Waals surface area contributed by atoms with Gasteiger partial charge in [-0.1, -0.05) is 84.9 Å². The number of thiophene rings is 1. The first-order chi connectivity index (χ1) is 31.6. The lowest BCUT2D eigenvalue weighted by Gasteiger charge is -2.32. The number of amides is 1. The van der Waals surface area contributed by atoms with Crippen molar-refractivity contribution in [2.45, 2.75) is 44.5 Å². The van der Waals surface area contributed by atoms with Crippen molar-refractivity contribution in [1.29, 1.82) is 0 Å². The molecule has 1 aliphatic heterocycles. The Morgan fingerprint density at radius 1 is 0.862 bits per heavy atom. The van der Waals surface area contributed by atoms with Gasteiger partial charge < -0.3 is 35.3 Å². The molecule has 1 amide bonds. The number of phenols is 1. The van der Waals surface area contributed by atoms with Gasteiger partial charge in [0.2, 0.25) is 5.56 Å². The summed E-state index contributed by atoms with van der Waals surface area (Å²) in [6, 6.07) is 40.6. The van der Waals surface area contributed by atoms with E-state index in [1.807, 2.05) is 72.8 Å². The smallest absolute Gasteiger partial charge is 0.317 e. The van der Waals surface area contributed by atoms with Crippen LogP contribution in [0.1, 0.15) is 67.9 Å². The van der Waals surface area contributed by atoms with Crippen LogP contribution < -0.4 is 20.9 Å². The van der Waals surface area contributed by atoms with E-state index in [4.69, 9.17) is 9.47 Å². The molecule has 65 heavy (non-hydrogen) atoms. The number of esters is 1. The Morgan fingerprint density at radius 3 is 2.38 bits per heavy atom. The van der Waals surface area contributed by atoms with E-state index in [2.05, 4.69) is 44.8 Å². The van der Waals surface area contributed by atoms with Gasteiger partial charge in [-0.05, 0) is 108 Å². The number of H-pyrrole nitrogens is 1. The van der Waals surface area contributed by atoms with E-state index in [9.17, 15) is 24.6 Å². The molecule has 1 fully saturated rings. The second-order valence-electron chi connectivity index (χ2n) is 16.3. The third-order valence-corrected chi connectivity index (χ3v) is 13.0. The Hall–Kier alpha value is -6.64. The summed E-state index contributed by atoms with van der Waals surface area (Å²) >= 11 is 1.49. The number of aromatic nitrogens is 1. The fraction of sp³-hybridized carbons (Fsp3) is 0.250. The molecule has 0 aliphatic carbocycles. The van der Waals surface area contributed by atoms with Gasteiger partial charge in [0.05, 0.1) is 31.9 Å². The number of likely N-dealkylation sites (tertiary alicyclic amines) is 1. The van der Waals surface area contributed by atoms with Crippen LogP contribution in [-0.4, -0.2) is 65.3 Å². The van der Waals surface area contributed by atoms with Gasteiger partial charge in [-0.25, -0.2) is 4.39 Å². The van der Waals surface area contributed by atoms with Gasteiger partial charge in [0.25, 0.3) is 5.91 Å². The van der Waals surface area contributed by atoms with Crippen LogP contribution in [0.15, 0.2) is 138 Å². The van der Waals surface area contributed by atoms with Crippen molar-refractivity contribution in [2.75, 3.05) is 33.4 Å². The number of ether oxygens (including phenoxy) is 2. The number of carbonyl (C=O) groups excluding carboxylic acids is 2. The monoisotopic (exact) mass is 894 g/mol. The molecule has 1 unspecified atom stereocenters. The van der Waals surface area contributed by atoms with Crippen molar-refractivity contribution in [3.05, 3.63) is 188 Å². The second-order valence-corrected chi connectivity index (χ2v) is 17.5. The number of aliphatic hydroxyl groups is 1. The Morgan fingerprint density at radius 2 is 1.62 bits per heavy atom. The number of aromatic amines is 1. The number of nitrogens with one attached hydrogen (secondary N) is 3. The first-order valence-corrected chi connectivity index (χ1v) is 22.5. The first-order valence-electron chi connectivity index (χ1n) is 21.7. The fourth-order valence-electron chi connectivity index (χ4n) is 8.43. The topological polar surface area (TPSA) is 153 Å². The molecule has 3 heterocycles. The predicted octanol–water partition coefficient (Wildman–Crippen LogP) is 8.45. The number of methoxy groups -OCH3 is 1. The van der Waals surface area contributed by atoms with Gasteiger partial charge in [-0.15, -0.1) is 11.3 Å². The first kappa shape index (κ1) is 44.9. The maximum atomic E-state index is 15.6. The zero-order chi connectivity index (χ0) is 45.3. The molecule has 334 valence electrons. The summed E-state index contributed by atoms with van der Waals surface area (Å²) < 4.78 is 27.1. The van der Waals surface area contributed by atoms with Gasteiger partial charge in [0.1, 0.15) is 28.8 Å². The lowest BCUT2D eigenvalue weighted by atomic mass is 9.90. The van der Waals surface area contributed by atoms with Crippen molar-refractivity contribution < 1.29 is 33.7 Å². The Balaban J connectivity index is 0.871. The van der Waals surface area contributed by atoms with E-state index in [-0.39, 0.29) is 53.7 Å². The van der Waals surface area contributed by atoms with Crippen LogP contribution in [0.25, 0.3) is 21.3 Å². The standard InChI is InChI=1S/C52H51FN4O7S/c1-63-45-26-35(28-54-30-44(59)40-16-18-43(58)50-41(40)17-20-47(60)56-50)25-42(53)49(45)51(61)55-29-39-15-19-46(65-39)37-13-8-14-38(27-37)48(36-11-6-3-7-12-36)52(62)64-32-34-21-23-57(24-22-34)31-33-9-4-2-5-10-33/h2-20,25-27,34,44,48,54,58-59H,21-24,28-32H2,1H3,(H,55,61)(H,56,60)/t44-,48?/m0/s1. The number of phenolic OH excluding ortho intramolecular Hbond substituents is 1. The molecule has 0 radical (unpaired) electrons. The zero-order valence-corrected chi connectivity index (χ0v) is 36.8. The highest BCUT2D eigenvalue weighted by atomic mass is 32.1. The maximum Gasteiger partial charge on any atom is 0.317 e. The molecule has 13 heteroatoms. The number of hydrogen-bond acceptors (Lipinski definition) is 10. The summed E-state index contributed by atoms with van der Waals surface area (Å²) in [5, 5.41) is 27.5. The van der Waals surface area contributed by atoms with Crippen LogP contribution in [0.3, 0.4) is 0 Å². The van der Waals surface area contributed by atoms with Gasteiger partial charge in [0, 0.05) is 40.8 Å². The van der Waals surface area contributed by atoms with Crippen LogP contribution >= 0.6 is 11.3 Å². The maximum absolute atomic E-state index is 15.6. The highest BCUT2D eigenvalue weighted by Gasteiger charge is 2.28. The van der Waals surface area contributed by atoms with Gasteiger partial charge >= 0.3 is 5.97 Å². The number of pyridine rings is 1. The average Bonchev–Trinajstić information content (AvgIpc) is 3.81. The summed E-state index contributed by atoms with van der Waals surface area (Å²) in [5.41, 5.74) is 4.51. The predicted molar refractivity (Wildman–Crippen MR) is 250 cm³/mol. The molecule has 0 saturated carbocycles. The third kappa shape index (κ3) is 11.0. The number of benzene rings is 5. The number of aliphatic hydroxyl groups excluding tert-OH is 1. The molecular formula is C52H51FN4O7S. The lowest BCUT2D eigenvalue weighted by molar-refractivity contribution is -0.146. The van der Waals surface area contributed by atoms with Gasteiger partial charge in [-0.3, -0.25) is 19.3 Å². The van der Waals surface area contributed by atoms with E-state index in [1.54, 1.807) is 12.1 Å². The molecule has 5 aromatic carbocycles. The van der Waals surface area contributed by atoms with Gasteiger partial charge in [0.15, 0.2) is 0 Å². The zero-order valence-electron chi connectivity index (χ0n) is 36.0. The number of hydrogen-bond donors (Lipinski definition) is 5. The van der Waals surface area contributed by atoms with Crippen molar-refractivity contribution in [1.82, 2.24) is 20.5 Å². The number of aromatic hydroxyl groups is 1. The Labute approximate surface area is 380 Å². The molecule has 2 aromatic heterocycles. The SMILES string of the molecule is COc1cc(CNC[C@H](O)c2ccc(O)c3[nH]c(=O)ccc23)cc(F)c1C(=O)NCc1ccc(-c2cccc(C(C(=O)OCC3CCN(Cc4ccccc4)CC3)c3ccccc3)c2)s1. The Bertz CT molecular complexity index is 2810. The van der Waals surface area contributed by atoms with Crippen LogP contribution in [0.2, 0.25) is 0 Å². The van der Waals surface area contributed by atoms with Crippen LogP contribution in [-0.2, 0) is 29.2 Å². The normalized spacial score (nSPS) is 14.2. The summed E-state index contributed by atoms with van der Waals surface area (Å²) in [6.45, 7) is 3.63. The quantitative estimate of drug-likeness (QED) is 0.0567. The highest BCUT2D eigenvalue weighted by molar-refractivity contribution is 7.15. The number of piperidine rings is 1. The number of fused-ring (bicyclic) bond motifs is 1. The molecule has 2 atom stereocenters. The molecular weight excluding hydrogens is 844 g/mol.